The van der Waals surface area contributed by atoms with Gasteiger partial charge in [0.1, 0.15) is 0 Å². The summed E-state index contributed by atoms with van der Waals surface area (Å²) in [5.74, 6) is 0. The molecule has 0 aromatic rings. The van der Waals surface area contributed by atoms with Gasteiger partial charge in [-0.2, -0.15) is 0 Å². The summed E-state index contributed by atoms with van der Waals surface area (Å²) in [7, 11) is 0. The van der Waals surface area contributed by atoms with Crippen molar-refractivity contribution in [2.24, 2.45) is 0 Å². The predicted molar refractivity (Wildman–Crippen MR) is 83.0 cm³/mol. The van der Waals surface area contributed by atoms with Crippen LogP contribution in [0.3, 0.4) is 0 Å². The van der Waals surface area contributed by atoms with E-state index in [2.05, 4.69) is 54.9 Å². The Hall–Kier alpha value is 0.310. The quantitative estimate of drug-likeness (QED) is 0.424. The minimum atomic E-state index is 0.673. The normalized spacial score (nSPS) is 29.1. The fraction of sp³-hybridized carbons (Fsp3) is 0.846. The molecule has 0 amide bonds. The van der Waals surface area contributed by atoms with Gasteiger partial charge >= 0.3 is 0 Å². The molecule has 2 rings (SSSR count). The number of hydrogen-bond acceptors (Lipinski definition) is 4. The van der Waals surface area contributed by atoms with Gasteiger partial charge in [-0.25, -0.2) is 3.11 Å². The van der Waals surface area contributed by atoms with Gasteiger partial charge in [-0.05, 0) is 6.92 Å². The maximum atomic E-state index is 5.34. The molecule has 0 spiro atoms. The van der Waals surface area contributed by atoms with Crippen LogP contribution in [0.4, 0.5) is 0 Å². The summed E-state index contributed by atoms with van der Waals surface area (Å²) in [4.78, 5) is 4.99. The third-order valence-corrected chi connectivity index (χ3v) is 5.06. The molecular formula is C13H24IN3O. The van der Waals surface area contributed by atoms with E-state index in [9.17, 15) is 0 Å². The predicted octanol–water partition coefficient (Wildman–Crippen LogP) is 1.23. The fourth-order valence-corrected chi connectivity index (χ4v) is 2.80. The van der Waals surface area contributed by atoms with Crippen molar-refractivity contribution >= 4 is 22.9 Å². The topological polar surface area (TPSA) is 19.0 Å². The summed E-state index contributed by atoms with van der Waals surface area (Å²) >= 11 is 2.44. The number of morpholine rings is 1. The van der Waals surface area contributed by atoms with Crippen LogP contribution in [0, 0.1) is 0 Å². The molecule has 1 unspecified atom stereocenters. The number of hydrogen-bond donors (Lipinski definition) is 0. The number of halogens is 1. The van der Waals surface area contributed by atoms with Gasteiger partial charge in [-0.1, -0.05) is 12.2 Å². The van der Waals surface area contributed by atoms with E-state index < -0.39 is 0 Å². The first-order valence-corrected chi connectivity index (χ1v) is 7.82. The molecule has 104 valence electrons. The van der Waals surface area contributed by atoms with E-state index in [-0.39, 0.29) is 0 Å². The highest BCUT2D eigenvalue weighted by Gasteiger charge is 2.20. The van der Waals surface area contributed by atoms with Crippen LogP contribution >= 0.6 is 22.9 Å². The number of rotatable bonds is 4. The average molecular weight is 365 g/mol. The lowest BCUT2D eigenvalue weighted by molar-refractivity contribution is 0.0434. The van der Waals surface area contributed by atoms with Crippen molar-refractivity contribution < 1.29 is 4.74 Å². The molecule has 2 saturated heterocycles. The first kappa shape index (κ1) is 14.7. The zero-order chi connectivity index (χ0) is 12.8. The van der Waals surface area contributed by atoms with Crippen molar-refractivity contribution in [1.82, 2.24) is 12.9 Å². The molecule has 4 nitrogen and oxygen atoms in total. The van der Waals surface area contributed by atoms with E-state index in [1.54, 1.807) is 0 Å². The summed E-state index contributed by atoms with van der Waals surface area (Å²) in [6, 6.07) is 0.673. The molecule has 2 aliphatic heterocycles. The second-order valence-corrected chi connectivity index (χ2v) is 6.36. The van der Waals surface area contributed by atoms with Crippen LogP contribution in [-0.2, 0) is 4.74 Å². The molecule has 1 atom stereocenters. The van der Waals surface area contributed by atoms with Gasteiger partial charge in [0.25, 0.3) is 0 Å². The van der Waals surface area contributed by atoms with Gasteiger partial charge in [0.05, 0.1) is 13.2 Å². The Labute approximate surface area is 124 Å². The second-order valence-electron chi connectivity index (χ2n) is 5.12. The third-order valence-electron chi connectivity index (χ3n) is 3.63. The van der Waals surface area contributed by atoms with Crippen molar-refractivity contribution in [2.45, 2.75) is 13.0 Å². The van der Waals surface area contributed by atoms with Gasteiger partial charge in [-0.15, -0.1) is 0 Å². The molecule has 0 bridgehead atoms. The zero-order valence-corrected chi connectivity index (χ0v) is 13.4. The molecule has 2 fully saturated rings. The van der Waals surface area contributed by atoms with Gasteiger partial charge < -0.3 is 4.74 Å². The van der Waals surface area contributed by atoms with Crippen LogP contribution in [0.5, 0.6) is 0 Å². The highest BCUT2D eigenvalue weighted by atomic mass is 127. The van der Waals surface area contributed by atoms with Crippen molar-refractivity contribution in [3.63, 3.8) is 0 Å². The van der Waals surface area contributed by atoms with Crippen LogP contribution in [-0.4, -0.2) is 78.0 Å². The van der Waals surface area contributed by atoms with E-state index in [1.807, 2.05) is 0 Å². The monoisotopic (exact) mass is 365 g/mol. The molecule has 18 heavy (non-hydrogen) atoms. The van der Waals surface area contributed by atoms with Crippen LogP contribution in [0.2, 0.25) is 0 Å². The Morgan fingerprint density at radius 1 is 1.06 bits per heavy atom. The summed E-state index contributed by atoms with van der Waals surface area (Å²) in [6.07, 6.45) is 4.64. The number of ether oxygens (including phenoxy) is 1. The summed E-state index contributed by atoms with van der Waals surface area (Å²) in [5, 5.41) is 0. The van der Waals surface area contributed by atoms with Gasteiger partial charge in [-0.3, -0.25) is 9.80 Å². The van der Waals surface area contributed by atoms with Crippen LogP contribution in [0.15, 0.2) is 12.2 Å². The third kappa shape index (κ3) is 4.77. The van der Waals surface area contributed by atoms with Crippen LogP contribution in [0.1, 0.15) is 6.92 Å². The molecule has 2 aliphatic rings. The van der Waals surface area contributed by atoms with Crippen molar-refractivity contribution in [3.8, 4) is 0 Å². The van der Waals surface area contributed by atoms with Gasteiger partial charge in [0.2, 0.25) is 0 Å². The molecular weight excluding hydrogens is 341 g/mol. The smallest absolute Gasteiger partial charge is 0.0594 e. The van der Waals surface area contributed by atoms with Crippen molar-refractivity contribution in [3.05, 3.63) is 12.2 Å². The number of piperazine rings is 1. The lowest BCUT2D eigenvalue weighted by atomic mass is 10.2. The Morgan fingerprint density at radius 2 is 1.72 bits per heavy atom. The Balaban J connectivity index is 1.62. The van der Waals surface area contributed by atoms with Crippen LogP contribution in [0.25, 0.3) is 0 Å². The van der Waals surface area contributed by atoms with Gasteiger partial charge in [0.15, 0.2) is 0 Å². The van der Waals surface area contributed by atoms with Crippen molar-refractivity contribution in [2.75, 3.05) is 59.0 Å². The molecule has 0 saturated carbocycles. The molecule has 0 aromatic heterocycles. The Kier molecular flexibility index (Phi) is 6.37. The first-order chi connectivity index (χ1) is 8.75. The highest BCUT2D eigenvalue weighted by molar-refractivity contribution is 14.1. The largest absolute Gasteiger partial charge is 0.379 e. The molecule has 0 N–H and O–H groups in total. The SMILES string of the molecule is CC1CN(C/C=C/CN2CCOCC2)CCN1I. The molecule has 5 heteroatoms. The highest BCUT2D eigenvalue weighted by Crippen LogP contribution is 2.13. The van der Waals surface area contributed by atoms with E-state index in [4.69, 9.17) is 4.74 Å². The average Bonchev–Trinajstić information content (AvgIpc) is 2.40. The van der Waals surface area contributed by atoms with Crippen molar-refractivity contribution in [1.29, 1.82) is 0 Å². The maximum Gasteiger partial charge on any atom is 0.0594 e. The Morgan fingerprint density at radius 3 is 2.39 bits per heavy atom. The van der Waals surface area contributed by atoms with E-state index >= 15 is 0 Å². The number of nitrogens with zero attached hydrogens (tertiary/aromatic N) is 3. The minimum absolute atomic E-state index is 0.673. The van der Waals surface area contributed by atoms with E-state index in [0.29, 0.717) is 6.04 Å². The summed E-state index contributed by atoms with van der Waals surface area (Å²) < 4.78 is 7.75. The molecule has 2 heterocycles. The standard InChI is InChI=1S/C13H24IN3O/c1-13-12-16(6-7-17(13)14)5-3-2-4-15-8-10-18-11-9-15/h2-3,13H,4-12H2,1H3/b3-2+. The first-order valence-electron chi connectivity index (χ1n) is 6.85. The van der Waals surface area contributed by atoms with E-state index in [0.717, 1.165) is 39.4 Å². The second kappa shape index (κ2) is 7.79. The summed E-state index contributed by atoms with van der Waals surface area (Å²) in [6.45, 7) is 12.0. The van der Waals surface area contributed by atoms with E-state index in [1.165, 1.54) is 19.6 Å². The lowest BCUT2D eigenvalue weighted by Gasteiger charge is -2.35. The molecule has 0 aliphatic carbocycles. The maximum absolute atomic E-state index is 5.34. The summed E-state index contributed by atoms with van der Waals surface area (Å²) in [5.41, 5.74) is 0. The molecule has 0 aromatic carbocycles. The zero-order valence-electron chi connectivity index (χ0n) is 11.2. The lowest BCUT2D eigenvalue weighted by Crippen LogP contribution is -2.47. The Bertz CT molecular complexity index is 269. The van der Waals surface area contributed by atoms with Gasteiger partial charge in [0, 0.05) is 74.7 Å². The van der Waals surface area contributed by atoms with Crippen LogP contribution < -0.4 is 0 Å². The fourth-order valence-electron chi connectivity index (χ4n) is 2.41. The minimum Gasteiger partial charge on any atom is -0.379 e. The molecule has 0 radical (unpaired) electrons.